The molecule has 0 spiro atoms. The molecule has 0 aliphatic carbocycles. The summed E-state index contributed by atoms with van der Waals surface area (Å²) in [6.07, 6.45) is 2.27. The second kappa shape index (κ2) is 5.52. The largest absolute Gasteiger partial charge is 0.382 e. The number of fused-ring (bicyclic) bond motifs is 1. The molecule has 2 atom stereocenters. The molecule has 102 valence electrons. The summed E-state index contributed by atoms with van der Waals surface area (Å²) in [4.78, 5) is 0. The van der Waals surface area contributed by atoms with E-state index in [1.807, 2.05) is 30.3 Å². The Hall–Kier alpha value is -2.05. The van der Waals surface area contributed by atoms with Crippen molar-refractivity contribution in [3.8, 4) is 6.07 Å². The van der Waals surface area contributed by atoms with Crippen molar-refractivity contribution >= 4 is 16.5 Å². The molecule has 1 fully saturated rings. The minimum Gasteiger partial charge on any atom is -0.382 e. The van der Waals surface area contributed by atoms with Gasteiger partial charge in [-0.3, -0.25) is 0 Å². The number of hydrogen-bond donors (Lipinski definition) is 2. The highest BCUT2D eigenvalue weighted by Crippen LogP contribution is 2.28. The van der Waals surface area contributed by atoms with Gasteiger partial charge >= 0.3 is 0 Å². The minimum absolute atomic E-state index is 0.502. The monoisotopic (exact) mass is 265 g/mol. The van der Waals surface area contributed by atoms with Crippen LogP contribution in [0.15, 0.2) is 36.4 Å². The molecule has 0 bridgehead atoms. The van der Waals surface area contributed by atoms with Gasteiger partial charge in [-0.1, -0.05) is 24.3 Å². The van der Waals surface area contributed by atoms with E-state index >= 15 is 0 Å². The third-order valence-electron chi connectivity index (χ3n) is 4.03. The maximum atomic E-state index is 9.20. The van der Waals surface area contributed by atoms with Crippen molar-refractivity contribution in [3.05, 3.63) is 42.0 Å². The summed E-state index contributed by atoms with van der Waals surface area (Å²) < 4.78 is 0. The summed E-state index contributed by atoms with van der Waals surface area (Å²) in [5, 5.41) is 18.5. The molecule has 0 saturated carbocycles. The fourth-order valence-electron chi connectivity index (χ4n) is 3.01. The third kappa shape index (κ3) is 2.48. The molecule has 2 unspecified atom stereocenters. The van der Waals surface area contributed by atoms with Crippen molar-refractivity contribution in [1.29, 1.82) is 5.26 Å². The van der Waals surface area contributed by atoms with Crippen LogP contribution in [0.4, 0.5) is 5.69 Å². The quantitative estimate of drug-likeness (QED) is 0.876. The van der Waals surface area contributed by atoms with E-state index in [1.54, 1.807) is 0 Å². The lowest BCUT2D eigenvalue weighted by atomic mass is 9.98. The molecule has 0 radical (unpaired) electrons. The zero-order valence-electron chi connectivity index (χ0n) is 11.7. The summed E-state index contributed by atoms with van der Waals surface area (Å²) in [5.74, 6) is 0. The lowest BCUT2D eigenvalue weighted by Gasteiger charge is -2.29. The smallest absolute Gasteiger partial charge is 0.0998 e. The fraction of sp³-hybridized carbons (Fsp3) is 0.353. The molecule has 1 heterocycles. The lowest BCUT2D eigenvalue weighted by molar-refractivity contribution is 0.396. The zero-order valence-corrected chi connectivity index (χ0v) is 11.7. The van der Waals surface area contributed by atoms with Gasteiger partial charge in [0.15, 0.2) is 0 Å². The van der Waals surface area contributed by atoms with Crippen molar-refractivity contribution in [2.45, 2.75) is 31.8 Å². The van der Waals surface area contributed by atoms with Gasteiger partial charge in [0, 0.05) is 28.5 Å². The average Bonchev–Trinajstić information content (AvgIpc) is 2.48. The molecule has 20 heavy (non-hydrogen) atoms. The molecule has 2 N–H and O–H groups in total. The fourth-order valence-corrected chi connectivity index (χ4v) is 3.01. The second-order valence-corrected chi connectivity index (χ2v) is 5.54. The Morgan fingerprint density at radius 3 is 2.75 bits per heavy atom. The number of hydrogen-bond acceptors (Lipinski definition) is 3. The van der Waals surface area contributed by atoms with Crippen LogP contribution in [0, 0.1) is 11.3 Å². The predicted octanol–water partition coefficient (Wildman–Crippen LogP) is 3.26. The summed E-state index contributed by atoms with van der Waals surface area (Å²) in [5.41, 5.74) is 1.88. The van der Waals surface area contributed by atoms with Gasteiger partial charge in [0.05, 0.1) is 11.6 Å². The van der Waals surface area contributed by atoms with Gasteiger partial charge in [-0.15, -0.1) is 0 Å². The minimum atomic E-state index is 0.502. The van der Waals surface area contributed by atoms with Crippen molar-refractivity contribution < 1.29 is 0 Å². The van der Waals surface area contributed by atoms with Crippen molar-refractivity contribution in [3.63, 3.8) is 0 Å². The average molecular weight is 265 g/mol. The van der Waals surface area contributed by atoms with Crippen LogP contribution in [0.2, 0.25) is 0 Å². The summed E-state index contributed by atoms with van der Waals surface area (Å²) in [6, 6.07) is 15.4. The van der Waals surface area contributed by atoms with Crippen LogP contribution >= 0.6 is 0 Å². The number of nitriles is 1. The van der Waals surface area contributed by atoms with Crippen LogP contribution in [0.5, 0.6) is 0 Å². The Morgan fingerprint density at radius 2 is 2.00 bits per heavy atom. The Kier molecular flexibility index (Phi) is 3.58. The molecule has 2 aromatic rings. The lowest BCUT2D eigenvalue weighted by Crippen LogP contribution is -2.41. The van der Waals surface area contributed by atoms with Crippen LogP contribution in [-0.4, -0.2) is 18.6 Å². The van der Waals surface area contributed by atoms with E-state index in [1.165, 1.54) is 0 Å². The highest BCUT2D eigenvalue weighted by molar-refractivity contribution is 5.97. The number of rotatable bonds is 2. The van der Waals surface area contributed by atoms with Crippen LogP contribution in [0.3, 0.4) is 0 Å². The molecular weight excluding hydrogens is 246 g/mol. The van der Waals surface area contributed by atoms with Crippen molar-refractivity contribution in [2.75, 3.05) is 11.9 Å². The number of nitrogens with zero attached hydrogens (tertiary/aromatic N) is 1. The topological polar surface area (TPSA) is 47.9 Å². The highest BCUT2D eigenvalue weighted by Gasteiger charge is 2.18. The third-order valence-corrected chi connectivity index (χ3v) is 4.03. The van der Waals surface area contributed by atoms with Gasteiger partial charge < -0.3 is 10.6 Å². The van der Waals surface area contributed by atoms with Crippen molar-refractivity contribution in [2.24, 2.45) is 0 Å². The van der Waals surface area contributed by atoms with E-state index in [9.17, 15) is 5.26 Å². The van der Waals surface area contributed by atoms with E-state index in [0.717, 1.165) is 41.4 Å². The first-order chi connectivity index (χ1) is 9.78. The number of nitrogens with one attached hydrogen (secondary N) is 2. The maximum Gasteiger partial charge on any atom is 0.0998 e. The molecule has 0 aromatic heterocycles. The molecule has 1 aliphatic heterocycles. The molecule has 3 rings (SSSR count). The van der Waals surface area contributed by atoms with Crippen LogP contribution in [-0.2, 0) is 0 Å². The first kappa shape index (κ1) is 13.0. The SMILES string of the molecule is CC1CC(Nc2ccc(C#N)c3ccccc23)CCN1. The van der Waals surface area contributed by atoms with E-state index < -0.39 is 0 Å². The number of piperidine rings is 1. The highest BCUT2D eigenvalue weighted by atomic mass is 15.0. The van der Waals surface area contributed by atoms with Gasteiger partial charge in [-0.05, 0) is 38.4 Å². The van der Waals surface area contributed by atoms with Gasteiger partial charge in [0.25, 0.3) is 0 Å². The molecule has 0 amide bonds. The standard InChI is InChI=1S/C17H19N3/c1-12-10-14(8-9-19-12)20-17-7-6-13(11-18)15-4-2-3-5-16(15)17/h2-7,12,14,19-20H,8-10H2,1H3. The van der Waals surface area contributed by atoms with Crippen LogP contribution < -0.4 is 10.6 Å². The summed E-state index contributed by atoms with van der Waals surface area (Å²) in [7, 11) is 0. The Bertz CT molecular complexity index is 657. The molecule has 3 heteroatoms. The summed E-state index contributed by atoms with van der Waals surface area (Å²) >= 11 is 0. The van der Waals surface area contributed by atoms with E-state index in [4.69, 9.17) is 0 Å². The number of anilines is 1. The van der Waals surface area contributed by atoms with E-state index in [2.05, 4.69) is 29.7 Å². The normalized spacial score (nSPS) is 22.4. The zero-order chi connectivity index (χ0) is 13.9. The Labute approximate surface area is 119 Å². The predicted molar refractivity (Wildman–Crippen MR) is 82.8 cm³/mol. The van der Waals surface area contributed by atoms with E-state index in [0.29, 0.717) is 12.1 Å². The molecule has 1 aliphatic rings. The second-order valence-electron chi connectivity index (χ2n) is 5.54. The summed E-state index contributed by atoms with van der Waals surface area (Å²) in [6.45, 7) is 3.29. The first-order valence-electron chi connectivity index (χ1n) is 7.19. The maximum absolute atomic E-state index is 9.20. The Balaban J connectivity index is 1.94. The molecule has 3 nitrogen and oxygen atoms in total. The molecule has 2 aromatic carbocycles. The van der Waals surface area contributed by atoms with Gasteiger partial charge in [-0.2, -0.15) is 5.26 Å². The van der Waals surface area contributed by atoms with Crippen LogP contribution in [0.1, 0.15) is 25.3 Å². The van der Waals surface area contributed by atoms with E-state index in [-0.39, 0.29) is 0 Å². The van der Waals surface area contributed by atoms with Crippen molar-refractivity contribution in [1.82, 2.24) is 5.32 Å². The Morgan fingerprint density at radius 1 is 1.20 bits per heavy atom. The molecule has 1 saturated heterocycles. The first-order valence-corrected chi connectivity index (χ1v) is 7.19. The van der Waals surface area contributed by atoms with Gasteiger partial charge in [0.2, 0.25) is 0 Å². The molecular formula is C17H19N3. The van der Waals surface area contributed by atoms with Gasteiger partial charge in [0.1, 0.15) is 0 Å². The van der Waals surface area contributed by atoms with Gasteiger partial charge in [-0.25, -0.2) is 0 Å². The number of benzene rings is 2. The van der Waals surface area contributed by atoms with Crippen LogP contribution in [0.25, 0.3) is 10.8 Å².